The Bertz CT molecular complexity index is 213. The van der Waals surface area contributed by atoms with Gasteiger partial charge in [-0.1, -0.05) is 18.6 Å². The van der Waals surface area contributed by atoms with Crippen LogP contribution in [0.15, 0.2) is 11.6 Å². The molecule has 0 saturated heterocycles. The van der Waals surface area contributed by atoms with Gasteiger partial charge in [0.15, 0.2) is 0 Å². The maximum absolute atomic E-state index is 5.03. The third-order valence-electron chi connectivity index (χ3n) is 3.27. The molecule has 2 atom stereocenters. The van der Waals surface area contributed by atoms with Crippen molar-refractivity contribution in [3.8, 4) is 0 Å². The molecule has 0 radical (unpaired) electrons. The van der Waals surface area contributed by atoms with Crippen LogP contribution in [-0.2, 0) is 4.74 Å². The van der Waals surface area contributed by atoms with E-state index in [-0.39, 0.29) is 0 Å². The van der Waals surface area contributed by atoms with Crippen LogP contribution in [0.1, 0.15) is 39.5 Å². The molecule has 0 bridgehead atoms. The second-order valence-electron chi connectivity index (χ2n) is 5.20. The molecule has 0 spiro atoms. The number of ether oxygens (including phenoxy) is 1. The number of nitrogens with one attached hydrogen (secondary N) is 1. The summed E-state index contributed by atoms with van der Waals surface area (Å²) in [7, 11) is 1.77. The lowest BCUT2D eigenvalue weighted by Gasteiger charge is -2.25. The van der Waals surface area contributed by atoms with Crippen molar-refractivity contribution in [3.05, 3.63) is 11.6 Å². The number of methoxy groups -OCH3 is 1. The second kappa shape index (κ2) is 7.86. The lowest BCUT2D eigenvalue weighted by Crippen LogP contribution is -2.27. The zero-order chi connectivity index (χ0) is 11.8. The Kier molecular flexibility index (Phi) is 6.74. The van der Waals surface area contributed by atoms with E-state index in [1.54, 1.807) is 12.7 Å². The van der Waals surface area contributed by atoms with Crippen LogP contribution in [0.2, 0.25) is 0 Å². The van der Waals surface area contributed by atoms with Crippen molar-refractivity contribution in [1.82, 2.24) is 5.32 Å². The maximum Gasteiger partial charge on any atom is 0.0462 e. The Hall–Kier alpha value is -0.340. The lowest BCUT2D eigenvalue weighted by molar-refractivity contribution is 0.192. The largest absolute Gasteiger partial charge is 0.385 e. The highest BCUT2D eigenvalue weighted by molar-refractivity contribution is 5.06. The van der Waals surface area contributed by atoms with Crippen molar-refractivity contribution >= 4 is 0 Å². The zero-order valence-corrected chi connectivity index (χ0v) is 11.1. The summed E-state index contributed by atoms with van der Waals surface area (Å²) in [6.07, 6.45) is 7.46. The van der Waals surface area contributed by atoms with Gasteiger partial charge in [0.2, 0.25) is 0 Å². The molecule has 94 valence electrons. The summed E-state index contributed by atoms with van der Waals surface area (Å²) < 4.78 is 5.03. The van der Waals surface area contributed by atoms with Crippen molar-refractivity contribution in [1.29, 1.82) is 0 Å². The average Bonchev–Trinajstić information content (AvgIpc) is 2.22. The average molecular weight is 225 g/mol. The van der Waals surface area contributed by atoms with Crippen molar-refractivity contribution in [2.75, 3.05) is 26.8 Å². The lowest BCUT2D eigenvalue weighted by atomic mass is 9.84. The van der Waals surface area contributed by atoms with E-state index in [1.165, 1.54) is 32.2 Å². The molecule has 1 N–H and O–H groups in total. The number of hydrogen-bond donors (Lipinski definition) is 1. The molecule has 0 aliphatic heterocycles. The normalized spacial score (nSPS) is 25.6. The minimum absolute atomic E-state index is 0.772. The van der Waals surface area contributed by atoms with Crippen LogP contribution in [0, 0.1) is 11.8 Å². The first-order valence-electron chi connectivity index (χ1n) is 6.59. The van der Waals surface area contributed by atoms with Crippen LogP contribution < -0.4 is 5.32 Å². The molecule has 0 aromatic carbocycles. The quantitative estimate of drug-likeness (QED) is 0.531. The Balaban J connectivity index is 2.03. The molecular formula is C14H27NO. The van der Waals surface area contributed by atoms with E-state index in [0.717, 1.165) is 25.0 Å². The maximum atomic E-state index is 5.03. The van der Waals surface area contributed by atoms with Gasteiger partial charge in [-0.05, 0) is 57.5 Å². The van der Waals surface area contributed by atoms with E-state index in [1.807, 2.05) is 0 Å². The van der Waals surface area contributed by atoms with E-state index in [2.05, 4.69) is 25.2 Å². The van der Waals surface area contributed by atoms with Gasteiger partial charge in [0.25, 0.3) is 0 Å². The minimum Gasteiger partial charge on any atom is -0.385 e. The van der Waals surface area contributed by atoms with Gasteiger partial charge in [-0.3, -0.25) is 0 Å². The predicted molar refractivity (Wildman–Crippen MR) is 69.6 cm³/mol. The molecule has 0 aromatic heterocycles. The standard InChI is InChI=1S/C14H27NO/c1-12-8-13(2)10-14(9-12)11-15-6-4-5-7-16-3/h8,12,14-15H,4-7,9-11H2,1-3H3. The first-order valence-corrected chi connectivity index (χ1v) is 6.59. The van der Waals surface area contributed by atoms with Gasteiger partial charge in [0.1, 0.15) is 0 Å². The SMILES string of the molecule is COCCCCNCC1CC(C)=CC(C)C1. The number of rotatable bonds is 7. The van der Waals surface area contributed by atoms with Gasteiger partial charge in [-0.25, -0.2) is 0 Å². The molecule has 2 unspecified atom stereocenters. The van der Waals surface area contributed by atoms with Crippen molar-refractivity contribution in [3.63, 3.8) is 0 Å². The monoisotopic (exact) mass is 225 g/mol. The van der Waals surface area contributed by atoms with Gasteiger partial charge >= 0.3 is 0 Å². The first kappa shape index (κ1) is 13.7. The molecule has 1 aliphatic carbocycles. The first-order chi connectivity index (χ1) is 7.72. The fourth-order valence-electron chi connectivity index (χ4n) is 2.64. The number of hydrogen-bond acceptors (Lipinski definition) is 2. The minimum atomic E-state index is 0.772. The highest BCUT2D eigenvalue weighted by atomic mass is 16.5. The van der Waals surface area contributed by atoms with Crippen LogP contribution in [0.4, 0.5) is 0 Å². The fraction of sp³-hybridized carbons (Fsp3) is 0.857. The predicted octanol–water partition coefficient (Wildman–Crippen LogP) is 3.00. The Morgan fingerprint density at radius 2 is 2.25 bits per heavy atom. The number of allylic oxidation sites excluding steroid dienone is 2. The third kappa shape index (κ3) is 5.66. The van der Waals surface area contributed by atoms with E-state index in [4.69, 9.17) is 4.74 Å². The molecule has 16 heavy (non-hydrogen) atoms. The summed E-state index contributed by atoms with van der Waals surface area (Å²) in [6.45, 7) is 7.80. The molecule has 0 heterocycles. The summed E-state index contributed by atoms with van der Waals surface area (Å²) in [6, 6.07) is 0. The van der Waals surface area contributed by atoms with Crippen LogP contribution in [0.3, 0.4) is 0 Å². The van der Waals surface area contributed by atoms with Crippen molar-refractivity contribution in [2.45, 2.75) is 39.5 Å². The molecule has 0 aromatic rings. The van der Waals surface area contributed by atoms with Crippen LogP contribution >= 0.6 is 0 Å². The third-order valence-corrected chi connectivity index (χ3v) is 3.27. The van der Waals surface area contributed by atoms with E-state index >= 15 is 0 Å². The van der Waals surface area contributed by atoms with E-state index < -0.39 is 0 Å². The fourth-order valence-corrected chi connectivity index (χ4v) is 2.64. The van der Waals surface area contributed by atoms with E-state index in [0.29, 0.717) is 0 Å². The summed E-state index contributed by atoms with van der Waals surface area (Å²) in [5, 5.41) is 3.57. The highest BCUT2D eigenvalue weighted by Gasteiger charge is 2.17. The van der Waals surface area contributed by atoms with Crippen LogP contribution in [0.5, 0.6) is 0 Å². The molecular weight excluding hydrogens is 198 g/mol. The van der Waals surface area contributed by atoms with Gasteiger partial charge in [-0.2, -0.15) is 0 Å². The van der Waals surface area contributed by atoms with Gasteiger partial charge in [-0.15, -0.1) is 0 Å². The van der Waals surface area contributed by atoms with Gasteiger partial charge in [0, 0.05) is 13.7 Å². The zero-order valence-electron chi connectivity index (χ0n) is 11.1. The van der Waals surface area contributed by atoms with Crippen molar-refractivity contribution in [2.24, 2.45) is 11.8 Å². The van der Waals surface area contributed by atoms with Crippen LogP contribution in [0.25, 0.3) is 0 Å². The number of unbranched alkanes of at least 4 members (excludes halogenated alkanes) is 1. The Morgan fingerprint density at radius 3 is 2.94 bits per heavy atom. The Morgan fingerprint density at radius 1 is 1.44 bits per heavy atom. The van der Waals surface area contributed by atoms with Gasteiger partial charge in [0.05, 0.1) is 0 Å². The molecule has 2 heteroatoms. The molecule has 1 rings (SSSR count). The van der Waals surface area contributed by atoms with Gasteiger partial charge < -0.3 is 10.1 Å². The van der Waals surface area contributed by atoms with Crippen molar-refractivity contribution < 1.29 is 4.74 Å². The molecule has 0 fully saturated rings. The summed E-state index contributed by atoms with van der Waals surface area (Å²) in [5.74, 6) is 1.62. The van der Waals surface area contributed by atoms with E-state index in [9.17, 15) is 0 Å². The smallest absolute Gasteiger partial charge is 0.0462 e. The highest BCUT2D eigenvalue weighted by Crippen LogP contribution is 2.27. The summed E-state index contributed by atoms with van der Waals surface area (Å²) in [5.41, 5.74) is 1.57. The van der Waals surface area contributed by atoms with Crippen LogP contribution in [-0.4, -0.2) is 26.8 Å². The molecule has 0 saturated carbocycles. The molecule has 2 nitrogen and oxygen atoms in total. The summed E-state index contributed by atoms with van der Waals surface area (Å²) >= 11 is 0. The summed E-state index contributed by atoms with van der Waals surface area (Å²) in [4.78, 5) is 0. The molecule has 0 amide bonds. The Labute approximate surface area is 100 Å². The molecule has 1 aliphatic rings. The second-order valence-corrected chi connectivity index (χ2v) is 5.20. The topological polar surface area (TPSA) is 21.3 Å².